The first-order valence-corrected chi connectivity index (χ1v) is 11.7. The highest BCUT2D eigenvalue weighted by molar-refractivity contribution is 7.19. The Bertz CT molecular complexity index is 1300. The molecule has 0 aliphatic carbocycles. The number of H-pyrrole nitrogens is 1. The van der Waals surface area contributed by atoms with Crippen LogP contribution in [0.4, 0.5) is 11.4 Å². The number of imidazole rings is 1. The van der Waals surface area contributed by atoms with Gasteiger partial charge in [-0.25, -0.2) is 4.98 Å². The molecule has 0 bridgehead atoms. The number of aromatic amines is 1. The summed E-state index contributed by atoms with van der Waals surface area (Å²) in [5.41, 5.74) is 4.20. The number of amides is 2. The van der Waals surface area contributed by atoms with Crippen LogP contribution in [0, 0.1) is 0 Å². The highest BCUT2D eigenvalue weighted by Crippen LogP contribution is 2.30. The highest BCUT2D eigenvalue weighted by atomic mass is 35.5. The second kappa shape index (κ2) is 8.76. The molecule has 1 fully saturated rings. The number of thiophene rings is 1. The van der Waals surface area contributed by atoms with Gasteiger partial charge < -0.3 is 15.2 Å². The van der Waals surface area contributed by atoms with Crippen molar-refractivity contribution in [2.75, 3.05) is 16.8 Å². The average molecular weight is 465 g/mol. The Morgan fingerprint density at radius 3 is 2.72 bits per heavy atom. The van der Waals surface area contributed by atoms with E-state index >= 15 is 0 Å². The molecule has 2 aromatic carbocycles. The molecule has 0 spiro atoms. The number of carbonyl (C=O) groups is 2. The summed E-state index contributed by atoms with van der Waals surface area (Å²) in [5, 5.41) is 2.93. The van der Waals surface area contributed by atoms with Crippen LogP contribution in [-0.2, 0) is 16.0 Å². The number of anilines is 2. The molecule has 0 radical (unpaired) electrons. The van der Waals surface area contributed by atoms with Gasteiger partial charge in [0.2, 0.25) is 11.8 Å². The van der Waals surface area contributed by atoms with Crippen molar-refractivity contribution in [2.24, 2.45) is 0 Å². The van der Waals surface area contributed by atoms with E-state index < -0.39 is 0 Å². The molecule has 1 aliphatic heterocycles. The Hall–Kier alpha value is -3.16. The summed E-state index contributed by atoms with van der Waals surface area (Å²) >= 11 is 7.50. The first-order valence-electron chi connectivity index (χ1n) is 10.5. The smallest absolute Gasteiger partial charge is 0.228 e. The van der Waals surface area contributed by atoms with E-state index in [1.807, 2.05) is 59.5 Å². The van der Waals surface area contributed by atoms with Crippen molar-refractivity contribution in [2.45, 2.75) is 25.7 Å². The standard InChI is InChI=1S/C24H21ClN4O2S/c25-21-11-10-20(32-21)24-27-18-9-4-15(13-19(18)28-24)14-22(30)26-16-5-7-17(8-6-16)29-12-2-1-3-23(29)31/h4-11,13H,1-3,12,14H2,(H,26,30)(H,27,28). The fourth-order valence-corrected chi connectivity index (χ4v) is 4.91. The first kappa shape index (κ1) is 20.7. The number of aromatic nitrogens is 2. The minimum atomic E-state index is -0.101. The van der Waals surface area contributed by atoms with E-state index in [4.69, 9.17) is 11.6 Å². The fourth-order valence-electron chi connectivity index (χ4n) is 3.92. The molecule has 8 heteroatoms. The molecule has 5 rings (SSSR count). The molecule has 2 amide bonds. The summed E-state index contributed by atoms with van der Waals surface area (Å²) in [7, 11) is 0. The molecule has 6 nitrogen and oxygen atoms in total. The summed E-state index contributed by atoms with van der Waals surface area (Å²) in [6, 6.07) is 17.0. The largest absolute Gasteiger partial charge is 0.337 e. The zero-order chi connectivity index (χ0) is 22.1. The van der Waals surface area contributed by atoms with Crippen molar-refractivity contribution in [3.63, 3.8) is 0 Å². The Balaban J connectivity index is 1.25. The normalized spacial score (nSPS) is 14.2. The molecule has 2 N–H and O–H groups in total. The topological polar surface area (TPSA) is 78.1 Å². The lowest BCUT2D eigenvalue weighted by Crippen LogP contribution is -2.35. The van der Waals surface area contributed by atoms with E-state index in [-0.39, 0.29) is 18.2 Å². The van der Waals surface area contributed by atoms with Crippen LogP contribution in [0.15, 0.2) is 54.6 Å². The molecule has 32 heavy (non-hydrogen) atoms. The van der Waals surface area contributed by atoms with Gasteiger partial charge in [0.1, 0.15) is 5.82 Å². The zero-order valence-corrected chi connectivity index (χ0v) is 18.8. The second-order valence-corrected chi connectivity index (χ2v) is 9.53. The molecule has 0 atom stereocenters. The summed E-state index contributed by atoms with van der Waals surface area (Å²) < 4.78 is 0.716. The molecule has 162 valence electrons. The predicted octanol–water partition coefficient (Wildman–Crippen LogP) is 5.64. The average Bonchev–Trinajstić information content (AvgIpc) is 3.40. The summed E-state index contributed by atoms with van der Waals surface area (Å²) in [6.07, 6.45) is 2.83. The van der Waals surface area contributed by atoms with E-state index in [0.717, 1.165) is 52.4 Å². The van der Waals surface area contributed by atoms with E-state index in [1.165, 1.54) is 11.3 Å². The number of nitrogens with one attached hydrogen (secondary N) is 2. The molecule has 0 saturated carbocycles. The zero-order valence-electron chi connectivity index (χ0n) is 17.2. The van der Waals surface area contributed by atoms with Gasteiger partial charge >= 0.3 is 0 Å². The lowest BCUT2D eigenvalue weighted by atomic mass is 10.1. The van der Waals surface area contributed by atoms with E-state index in [9.17, 15) is 9.59 Å². The van der Waals surface area contributed by atoms with Crippen LogP contribution in [0.3, 0.4) is 0 Å². The number of piperidine rings is 1. The molecule has 0 unspecified atom stereocenters. The van der Waals surface area contributed by atoms with Crippen molar-refractivity contribution in [3.8, 4) is 10.7 Å². The van der Waals surface area contributed by atoms with Crippen molar-refractivity contribution in [3.05, 3.63) is 64.5 Å². The Labute approximate surface area is 194 Å². The molecular weight excluding hydrogens is 444 g/mol. The number of hydrogen-bond acceptors (Lipinski definition) is 4. The van der Waals surface area contributed by atoms with Crippen molar-refractivity contribution >= 4 is 57.2 Å². The Kier molecular flexibility index (Phi) is 5.68. The van der Waals surface area contributed by atoms with Crippen LogP contribution in [-0.4, -0.2) is 28.3 Å². The van der Waals surface area contributed by atoms with E-state index in [2.05, 4.69) is 15.3 Å². The molecule has 1 saturated heterocycles. The third-order valence-electron chi connectivity index (χ3n) is 5.50. The van der Waals surface area contributed by atoms with Crippen molar-refractivity contribution < 1.29 is 9.59 Å². The van der Waals surface area contributed by atoms with Gasteiger partial charge in [-0.1, -0.05) is 17.7 Å². The number of fused-ring (bicyclic) bond motifs is 1. The van der Waals surface area contributed by atoms with Gasteiger partial charge in [-0.3, -0.25) is 9.59 Å². The lowest BCUT2D eigenvalue weighted by Gasteiger charge is -2.26. The van der Waals surface area contributed by atoms with Crippen LogP contribution >= 0.6 is 22.9 Å². The SMILES string of the molecule is O=C(Cc1ccc2nc(-c3ccc(Cl)s3)[nH]c2c1)Nc1ccc(N2CCCCC2=O)cc1. The molecule has 4 aromatic rings. The van der Waals surface area contributed by atoms with E-state index in [0.29, 0.717) is 16.4 Å². The summed E-state index contributed by atoms with van der Waals surface area (Å²) in [4.78, 5) is 35.3. The summed E-state index contributed by atoms with van der Waals surface area (Å²) in [6.45, 7) is 0.752. The summed E-state index contributed by atoms with van der Waals surface area (Å²) in [5.74, 6) is 0.828. The number of halogens is 1. The van der Waals surface area contributed by atoms with Crippen LogP contribution < -0.4 is 10.2 Å². The van der Waals surface area contributed by atoms with Gasteiger partial charge in [-0.2, -0.15) is 0 Å². The molecular formula is C24H21ClN4O2S. The molecule has 1 aliphatic rings. The Morgan fingerprint density at radius 1 is 1.12 bits per heavy atom. The Morgan fingerprint density at radius 2 is 1.97 bits per heavy atom. The second-order valence-electron chi connectivity index (χ2n) is 7.81. The van der Waals surface area contributed by atoms with Crippen LogP contribution in [0.1, 0.15) is 24.8 Å². The number of rotatable bonds is 5. The molecule has 3 heterocycles. The van der Waals surface area contributed by atoms with Gasteiger partial charge in [0.05, 0.1) is 26.7 Å². The quantitative estimate of drug-likeness (QED) is 0.401. The van der Waals surface area contributed by atoms with Crippen LogP contribution in [0.25, 0.3) is 21.7 Å². The minimum absolute atomic E-state index is 0.101. The number of benzene rings is 2. The number of carbonyl (C=O) groups excluding carboxylic acids is 2. The minimum Gasteiger partial charge on any atom is -0.337 e. The maximum Gasteiger partial charge on any atom is 0.228 e. The number of hydrogen-bond donors (Lipinski definition) is 2. The first-order chi connectivity index (χ1) is 15.5. The van der Waals surface area contributed by atoms with Crippen LogP contribution in [0.5, 0.6) is 0 Å². The third-order valence-corrected chi connectivity index (χ3v) is 6.74. The third kappa shape index (κ3) is 4.40. The highest BCUT2D eigenvalue weighted by Gasteiger charge is 2.19. The monoisotopic (exact) mass is 464 g/mol. The van der Waals surface area contributed by atoms with Crippen molar-refractivity contribution in [1.29, 1.82) is 0 Å². The van der Waals surface area contributed by atoms with Crippen LogP contribution in [0.2, 0.25) is 4.34 Å². The lowest BCUT2D eigenvalue weighted by molar-refractivity contribution is -0.119. The molecule has 2 aromatic heterocycles. The van der Waals surface area contributed by atoms with E-state index in [1.54, 1.807) is 0 Å². The maximum absolute atomic E-state index is 12.6. The number of nitrogens with zero attached hydrogens (tertiary/aromatic N) is 2. The maximum atomic E-state index is 12.6. The predicted molar refractivity (Wildman–Crippen MR) is 129 cm³/mol. The van der Waals surface area contributed by atoms with Gasteiger partial charge in [0, 0.05) is 24.3 Å². The van der Waals surface area contributed by atoms with Gasteiger partial charge in [-0.05, 0) is 66.9 Å². The van der Waals surface area contributed by atoms with Gasteiger partial charge in [0.25, 0.3) is 0 Å². The van der Waals surface area contributed by atoms with Gasteiger partial charge in [-0.15, -0.1) is 11.3 Å². The van der Waals surface area contributed by atoms with Crippen molar-refractivity contribution in [1.82, 2.24) is 9.97 Å². The fraction of sp³-hybridized carbons (Fsp3) is 0.208. The van der Waals surface area contributed by atoms with Gasteiger partial charge in [0.15, 0.2) is 0 Å².